The van der Waals surface area contributed by atoms with Gasteiger partial charge >= 0.3 is 0 Å². The van der Waals surface area contributed by atoms with E-state index in [9.17, 15) is 5.11 Å². The van der Waals surface area contributed by atoms with Crippen molar-refractivity contribution in [3.63, 3.8) is 0 Å². The van der Waals surface area contributed by atoms with Crippen LogP contribution in [0.5, 0.6) is 5.75 Å². The molecular weight excluding hydrogens is 384 g/mol. The van der Waals surface area contributed by atoms with Crippen molar-refractivity contribution in [1.29, 1.82) is 0 Å². The number of nitrogens with zero attached hydrogens (tertiary/aromatic N) is 2. The fourth-order valence-electron chi connectivity index (χ4n) is 3.40. The zero-order valence-electron chi connectivity index (χ0n) is 16.7. The van der Waals surface area contributed by atoms with Crippen LogP contribution in [0.25, 0.3) is 22.6 Å². The molecule has 1 aromatic heterocycles. The van der Waals surface area contributed by atoms with Gasteiger partial charge in [0.15, 0.2) is 5.58 Å². The summed E-state index contributed by atoms with van der Waals surface area (Å²) in [5.41, 5.74) is 7.59. The van der Waals surface area contributed by atoms with Gasteiger partial charge in [-0.2, -0.15) is 0 Å². The first-order valence-electron chi connectivity index (χ1n) is 9.35. The normalized spacial score (nSPS) is 11.6. The van der Waals surface area contributed by atoms with Crippen LogP contribution in [0.4, 0.5) is 5.69 Å². The third kappa shape index (κ3) is 3.52. The monoisotopic (exact) mass is 404 g/mol. The molecule has 3 aromatic carbocycles. The van der Waals surface area contributed by atoms with Crippen molar-refractivity contribution >= 4 is 34.6 Å². The highest BCUT2D eigenvalue weighted by molar-refractivity contribution is 6.32. The molecule has 4 aromatic rings. The number of aliphatic imine (C=N–C) groups is 1. The first-order valence-corrected chi connectivity index (χ1v) is 9.73. The van der Waals surface area contributed by atoms with Gasteiger partial charge in [-0.25, -0.2) is 4.98 Å². The summed E-state index contributed by atoms with van der Waals surface area (Å²) in [6.07, 6.45) is 1.65. The summed E-state index contributed by atoms with van der Waals surface area (Å²) in [6, 6.07) is 13.4. The van der Waals surface area contributed by atoms with Crippen LogP contribution in [0.3, 0.4) is 0 Å². The van der Waals surface area contributed by atoms with Crippen LogP contribution in [0, 0.1) is 27.7 Å². The molecule has 0 aliphatic rings. The number of fused-ring (bicyclic) bond motifs is 1. The van der Waals surface area contributed by atoms with Crippen molar-refractivity contribution in [2.45, 2.75) is 27.7 Å². The summed E-state index contributed by atoms with van der Waals surface area (Å²) in [5.74, 6) is 0.730. The molecule has 0 fully saturated rings. The highest BCUT2D eigenvalue weighted by Crippen LogP contribution is 2.33. The minimum Gasteiger partial charge on any atom is -0.507 e. The summed E-state index contributed by atoms with van der Waals surface area (Å²) in [4.78, 5) is 9.25. The van der Waals surface area contributed by atoms with Crippen molar-refractivity contribution < 1.29 is 9.52 Å². The third-order valence-corrected chi connectivity index (χ3v) is 5.70. The number of aromatic nitrogens is 1. The fourth-order valence-corrected chi connectivity index (χ4v) is 3.55. The lowest BCUT2D eigenvalue weighted by molar-refractivity contribution is 0.473. The van der Waals surface area contributed by atoms with E-state index >= 15 is 0 Å². The molecule has 0 saturated carbocycles. The van der Waals surface area contributed by atoms with Gasteiger partial charge in [-0.3, -0.25) is 4.99 Å². The number of aryl methyl sites for hydroxylation is 2. The van der Waals surface area contributed by atoms with Crippen molar-refractivity contribution in [1.82, 2.24) is 4.98 Å². The number of hydrogen-bond donors (Lipinski definition) is 1. The minimum atomic E-state index is 0.163. The quantitative estimate of drug-likeness (QED) is 0.380. The number of oxazole rings is 1. The number of phenols is 1. The van der Waals surface area contributed by atoms with Gasteiger partial charge in [0.2, 0.25) is 5.89 Å². The molecule has 4 nitrogen and oxygen atoms in total. The minimum absolute atomic E-state index is 0.163. The molecule has 0 radical (unpaired) electrons. The highest BCUT2D eigenvalue weighted by atomic mass is 35.5. The first kappa shape index (κ1) is 19.2. The van der Waals surface area contributed by atoms with Crippen LogP contribution in [0.15, 0.2) is 51.9 Å². The second-order valence-corrected chi connectivity index (χ2v) is 7.64. The maximum absolute atomic E-state index is 10.3. The maximum atomic E-state index is 10.3. The Morgan fingerprint density at radius 2 is 1.83 bits per heavy atom. The SMILES string of the molecule is Cc1ccc2oc(-c3cccc(N=Cc4c(O)cc(C)c(Cl)c4C)c3C)nc2c1. The Hall–Kier alpha value is -3.11. The first-order chi connectivity index (χ1) is 13.8. The summed E-state index contributed by atoms with van der Waals surface area (Å²) in [6.45, 7) is 7.76. The third-order valence-electron chi connectivity index (χ3n) is 5.12. The molecule has 0 amide bonds. The van der Waals surface area contributed by atoms with Crippen molar-refractivity contribution in [3.05, 3.63) is 75.3 Å². The average molecular weight is 405 g/mol. The Kier molecular flexibility index (Phi) is 4.89. The lowest BCUT2D eigenvalue weighted by Crippen LogP contribution is -1.92. The van der Waals surface area contributed by atoms with E-state index in [4.69, 9.17) is 16.0 Å². The summed E-state index contributed by atoms with van der Waals surface area (Å²) >= 11 is 6.33. The Balaban J connectivity index is 1.75. The van der Waals surface area contributed by atoms with E-state index in [1.54, 1.807) is 12.3 Å². The second kappa shape index (κ2) is 7.37. The predicted molar refractivity (Wildman–Crippen MR) is 119 cm³/mol. The molecule has 0 saturated heterocycles. The lowest BCUT2D eigenvalue weighted by atomic mass is 10.0. The van der Waals surface area contributed by atoms with Crippen LogP contribution < -0.4 is 0 Å². The van der Waals surface area contributed by atoms with E-state index in [0.717, 1.165) is 44.6 Å². The number of aromatic hydroxyl groups is 1. The average Bonchev–Trinajstić information content (AvgIpc) is 3.10. The Morgan fingerprint density at radius 3 is 2.62 bits per heavy atom. The molecule has 0 aliphatic heterocycles. The van der Waals surface area contributed by atoms with Gasteiger partial charge in [0.05, 0.1) is 5.69 Å². The molecule has 29 heavy (non-hydrogen) atoms. The van der Waals surface area contributed by atoms with Crippen LogP contribution in [-0.2, 0) is 0 Å². The molecule has 1 N–H and O–H groups in total. The van der Waals surface area contributed by atoms with Crippen molar-refractivity contribution in [2.75, 3.05) is 0 Å². The number of halogens is 1. The molecule has 1 heterocycles. The fraction of sp³-hybridized carbons (Fsp3) is 0.167. The van der Waals surface area contributed by atoms with E-state index in [1.165, 1.54) is 0 Å². The molecule has 0 spiro atoms. The van der Waals surface area contributed by atoms with Gasteiger partial charge in [-0.1, -0.05) is 23.7 Å². The molecule has 146 valence electrons. The zero-order chi connectivity index (χ0) is 20.7. The van der Waals surface area contributed by atoms with Gasteiger partial charge in [-0.15, -0.1) is 0 Å². The van der Waals surface area contributed by atoms with Gasteiger partial charge in [-0.05, 0) is 80.3 Å². The molecular formula is C24H21ClN2O2. The molecule has 0 bridgehead atoms. The molecule has 0 atom stereocenters. The van der Waals surface area contributed by atoms with E-state index in [2.05, 4.69) is 9.98 Å². The largest absolute Gasteiger partial charge is 0.507 e. The molecule has 4 rings (SSSR count). The number of rotatable bonds is 3. The number of phenolic OH excluding ortho intramolecular Hbond substituents is 1. The summed E-state index contributed by atoms with van der Waals surface area (Å²) < 4.78 is 5.95. The molecule has 0 unspecified atom stereocenters. The van der Waals surface area contributed by atoms with Gasteiger partial charge in [0.25, 0.3) is 0 Å². The standard InChI is InChI=1S/C24H21ClN2O2/c1-13-8-9-22-20(10-13)27-24(29-22)17-6-5-7-19(15(17)3)26-12-18-16(4)23(25)14(2)11-21(18)28/h5-12,28H,1-4H3. The van der Waals surface area contributed by atoms with Crippen LogP contribution in [-0.4, -0.2) is 16.3 Å². The topological polar surface area (TPSA) is 58.6 Å². The number of hydrogen-bond acceptors (Lipinski definition) is 4. The summed E-state index contributed by atoms with van der Waals surface area (Å²) in [7, 11) is 0. The number of benzene rings is 3. The lowest BCUT2D eigenvalue weighted by Gasteiger charge is -2.09. The van der Waals surface area contributed by atoms with E-state index in [-0.39, 0.29) is 5.75 Å². The van der Waals surface area contributed by atoms with E-state index in [1.807, 2.05) is 64.1 Å². The predicted octanol–water partition coefficient (Wildman–Crippen LogP) is 6.84. The van der Waals surface area contributed by atoms with Crippen molar-refractivity contribution in [2.24, 2.45) is 4.99 Å². The van der Waals surface area contributed by atoms with E-state index in [0.29, 0.717) is 16.5 Å². The van der Waals surface area contributed by atoms with E-state index < -0.39 is 0 Å². The van der Waals surface area contributed by atoms with Crippen LogP contribution in [0.1, 0.15) is 27.8 Å². The second-order valence-electron chi connectivity index (χ2n) is 7.26. The smallest absolute Gasteiger partial charge is 0.227 e. The summed E-state index contributed by atoms with van der Waals surface area (Å²) in [5, 5.41) is 10.9. The van der Waals surface area contributed by atoms with Crippen molar-refractivity contribution in [3.8, 4) is 17.2 Å². The van der Waals surface area contributed by atoms with Crippen LogP contribution >= 0.6 is 11.6 Å². The Labute approximate surface area is 174 Å². The zero-order valence-corrected chi connectivity index (χ0v) is 17.5. The van der Waals surface area contributed by atoms with Crippen LogP contribution in [0.2, 0.25) is 5.02 Å². The molecule has 5 heteroatoms. The van der Waals surface area contributed by atoms with Gasteiger partial charge < -0.3 is 9.52 Å². The van der Waals surface area contributed by atoms with Gasteiger partial charge in [0.1, 0.15) is 11.3 Å². The molecule has 0 aliphatic carbocycles. The Bertz CT molecular complexity index is 1270. The van der Waals surface area contributed by atoms with Gasteiger partial charge in [0, 0.05) is 22.4 Å². The Morgan fingerprint density at radius 1 is 1.03 bits per heavy atom. The maximum Gasteiger partial charge on any atom is 0.227 e. The highest BCUT2D eigenvalue weighted by Gasteiger charge is 2.14.